The Morgan fingerprint density at radius 3 is 2.11 bits per heavy atom. The van der Waals surface area contributed by atoms with Gasteiger partial charge >= 0.3 is 12.1 Å². The number of nitrogens with one attached hydrogen (secondary N) is 5. The third kappa shape index (κ3) is 9.81. The zero-order valence-electron chi connectivity index (χ0n) is 41.6. The van der Waals surface area contributed by atoms with Crippen molar-refractivity contribution in [2.45, 2.75) is 147 Å². The van der Waals surface area contributed by atoms with Gasteiger partial charge in [0.25, 0.3) is 5.91 Å². The number of fused-ring (bicyclic) bond motifs is 7. The van der Waals surface area contributed by atoms with Crippen LogP contribution in [-0.4, -0.2) is 82.4 Å². The number of carbonyl (C=O) groups excluding carboxylic acids is 7. The largest absolute Gasteiger partial charge is 0.508 e. The van der Waals surface area contributed by atoms with Crippen LogP contribution in [0.5, 0.6) is 5.75 Å². The summed E-state index contributed by atoms with van der Waals surface area (Å²) in [5.74, 6) is -1.46. The van der Waals surface area contributed by atoms with Crippen molar-refractivity contribution in [3.63, 3.8) is 0 Å². The summed E-state index contributed by atoms with van der Waals surface area (Å²) in [4.78, 5) is 94.0. The molecule has 3 aromatic rings. The van der Waals surface area contributed by atoms with Gasteiger partial charge in [0.1, 0.15) is 30.5 Å². The molecule has 17 nitrogen and oxygen atoms in total. The summed E-state index contributed by atoms with van der Waals surface area (Å²) >= 11 is 0. The minimum absolute atomic E-state index is 0.0391. The summed E-state index contributed by atoms with van der Waals surface area (Å²) in [6.07, 6.45) is 7.78. The van der Waals surface area contributed by atoms with E-state index in [1.807, 2.05) is 30.3 Å². The van der Waals surface area contributed by atoms with Gasteiger partial charge in [0.15, 0.2) is 0 Å². The van der Waals surface area contributed by atoms with E-state index in [0.29, 0.717) is 29.8 Å². The Hall–Kier alpha value is -6.49. The average Bonchev–Trinajstić information content (AvgIpc) is 3.91. The Morgan fingerprint density at radius 1 is 0.789 bits per heavy atom. The number of carbonyl (C=O) groups is 7. The second-order valence-electron chi connectivity index (χ2n) is 21.7. The number of alkyl carbamates (subject to hydrolysis) is 1. The molecule has 8 amide bonds. The molecule has 8 atom stereocenters. The van der Waals surface area contributed by atoms with E-state index in [2.05, 4.69) is 47.4 Å². The molecule has 1 heterocycles. The zero-order valence-corrected chi connectivity index (χ0v) is 41.6. The lowest BCUT2D eigenvalue weighted by Gasteiger charge is -2.55. The van der Waals surface area contributed by atoms with Gasteiger partial charge in [-0.2, -0.15) is 0 Å². The van der Waals surface area contributed by atoms with E-state index in [1.165, 1.54) is 5.56 Å². The van der Waals surface area contributed by atoms with Crippen molar-refractivity contribution in [2.24, 2.45) is 34.6 Å². The number of phenols is 1. The van der Waals surface area contributed by atoms with E-state index in [1.54, 1.807) is 49.1 Å². The van der Waals surface area contributed by atoms with E-state index < -0.39 is 58.3 Å². The normalized spacial score (nSPS) is 26.9. The molecule has 1 spiro atoms. The third-order valence-corrected chi connectivity index (χ3v) is 16.9. The summed E-state index contributed by atoms with van der Waals surface area (Å²) in [6.45, 7) is 9.89. The van der Waals surface area contributed by atoms with Crippen LogP contribution in [0, 0.1) is 23.2 Å². The number of aryl methyl sites for hydroxylation is 2. The van der Waals surface area contributed by atoms with Gasteiger partial charge in [-0.3, -0.25) is 28.9 Å². The van der Waals surface area contributed by atoms with Crippen molar-refractivity contribution >= 4 is 53.0 Å². The number of benzene rings is 3. The van der Waals surface area contributed by atoms with Crippen LogP contribution in [0.3, 0.4) is 0 Å². The highest BCUT2D eigenvalue weighted by Crippen LogP contribution is 2.65. The zero-order chi connectivity index (χ0) is 51.0. The number of imide groups is 1. The molecule has 0 radical (unpaired) electrons. The molecule has 4 aliphatic carbocycles. The van der Waals surface area contributed by atoms with Crippen LogP contribution in [0.2, 0.25) is 0 Å². The number of phenolic OH excluding ortho intramolecular Hbond substituents is 1. The Kier molecular flexibility index (Phi) is 14.3. The molecule has 0 bridgehead atoms. The first kappa shape index (κ1) is 50.9. The van der Waals surface area contributed by atoms with Gasteiger partial charge in [0, 0.05) is 23.8 Å². The maximum atomic E-state index is 15.1. The number of hydrogen-bond acceptors (Lipinski definition) is 10. The Labute approximate surface area is 415 Å². The summed E-state index contributed by atoms with van der Waals surface area (Å²) in [6, 6.07) is 15.7. The summed E-state index contributed by atoms with van der Waals surface area (Å²) in [5.41, 5.74) is 15.1. The molecule has 8 rings (SSSR count). The van der Waals surface area contributed by atoms with Crippen LogP contribution in [0.25, 0.3) is 0 Å². The molecule has 0 aromatic heterocycles. The van der Waals surface area contributed by atoms with E-state index in [9.17, 15) is 33.9 Å². The number of urea groups is 1. The smallest absolute Gasteiger partial charge is 0.407 e. The second-order valence-corrected chi connectivity index (χ2v) is 21.7. The van der Waals surface area contributed by atoms with Crippen molar-refractivity contribution in [1.82, 2.24) is 20.9 Å². The van der Waals surface area contributed by atoms with Crippen LogP contribution in [0.1, 0.15) is 127 Å². The Balaban J connectivity index is 0.846. The van der Waals surface area contributed by atoms with Crippen LogP contribution >= 0.6 is 0 Å². The molecular weight excluding hydrogens is 905 g/mol. The molecule has 71 heavy (non-hydrogen) atoms. The monoisotopic (exact) mass is 975 g/mol. The molecule has 380 valence electrons. The van der Waals surface area contributed by atoms with E-state index >= 15 is 4.79 Å². The number of amides is 8. The number of aromatic hydroxyl groups is 1. The van der Waals surface area contributed by atoms with Crippen molar-refractivity contribution in [3.8, 4) is 5.75 Å². The standard InChI is InChI=1S/C54H70N8O9/c1-31(2)44(55)46(66)61-40(9-6-26-57-49(56)69)45(65)60-35-16-10-32(11-17-35)30-71-50(70)58-29-43(64)59-36-18-12-33-15-21-42-52(4,38(33)27-36)23-8-25-54(42)48(68)62(54)47(67)53(5)24-7-22-51(3)39-28-37(63)19-13-34(39)14-20-41(51)53/h10-13,16-19,27-28,31,40-42,44,63H,6-9,14-15,20-26,29-30,55H2,1-5H3,(H,58,70)(H,59,64)(H,60,65)(H,61,66)(H3,56,57,69)/t40-,41+,42?,44-,51+,52+,53-,54+,62?/m0/s1. The summed E-state index contributed by atoms with van der Waals surface area (Å²) in [7, 11) is 0. The van der Waals surface area contributed by atoms with Crippen LogP contribution in [0.4, 0.5) is 21.0 Å². The number of hydrogen-bond donors (Lipinski definition) is 8. The molecule has 2 saturated carbocycles. The molecular formula is C54H70N8O9. The summed E-state index contributed by atoms with van der Waals surface area (Å²) < 4.78 is 5.37. The molecule has 10 N–H and O–H groups in total. The van der Waals surface area contributed by atoms with Crippen molar-refractivity contribution in [2.75, 3.05) is 23.7 Å². The average molecular weight is 975 g/mol. The minimum Gasteiger partial charge on any atom is -0.508 e. The molecule has 5 aliphatic rings. The molecule has 1 aliphatic heterocycles. The molecule has 17 heteroatoms. The quantitative estimate of drug-likeness (QED) is 0.0505. The second kappa shape index (κ2) is 20.0. The number of nitrogens with two attached hydrogens (primary N) is 2. The van der Waals surface area contributed by atoms with Crippen molar-refractivity contribution in [3.05, 3.63) is 88.5 Å². The lowest BCUT2D eigenvalue weighted by molar-refractivity contribution is -0.148. The van der Waals surface area contributed by atoms with Crippen LogP contribution < -0.4 is 38.1 Å². The summed E-state index contributed by atoms with van der Waals surface area (Å²) in [5, 5.41) is 23.9. The third-order valence-electron chi connectivity index (χ3n) is 16.9. The predicted molar refractivity (Wildman–Crippen MR) is 267 cm³/mol. The molecule has 3 fully saturated rings. The van der Waals surface area contributed by atoms with Crippen molar-refractivity contribution in [1.29, 1.82) is 0 Å². The van der Waals surface area contributed by atoms with E-state index in [-0.39, 0.29) is 66.8 Å². The fraction of sp³-hybridized carbons (Fsp3) is 0.537. The Bertz CT molecular complexity index is 2600. The lowest BCUT2D eigenvalue weighted by atomic mass is 9.49. The van der Waals surface area contributed by atoms with Crippen LogP contribution in [-0.2, 0) is 59.0 Å². The highest BCUT2D eigenvalue weighted by molar-refractivity contribution is 6.17. The number of primary amides is 1. The first-order chi connectivity index (χ1) is 33.7. The topological polar surface area (TPSA) is 264 Å². The predicted octanol–water partition coefficient (Wildman–Crippen LogP) is 5.93. The maximum absolute atomic E-state index is 15.1. The highest BCUT2D eigenvalue weighted by atomic mass is 16.5. The van der Waals surface area contributed by atoms with Gasteiger partial charge in [0.2, 0.25) is 23.6 Å². The number of rotatable bonds is 15. The van der Waals surface area contributed by atoms with E-state index in [4.69, 9.17) is 16.2 Å². The fourth-order valence-electron chi connectivity index (χ4n) is 13.0. The molecule has 1 unspecified atom stereocenters. The lowest BCUT2D eigenvalue weighted by Crippen LogP contribution is -2.56. The first-order valence-electron chi connectivity index (χ1n) is 25.3. The maximum Gasteiger partial charge on any atom is 0.407 e. The highest BCUT2D eigenvalue weighted by Gasteiger charge is 2.75. The van der Waals surface area contributed by atoms with Gasteiger partial charge in [-0.15, -0.1) is 0 Å². The van der Waals surface area contributed by atoms with Gasteiger partial charge in [-0.1, -0.05) is 65.3 Å². The minimum atomic E-state index is -0.930. The SMILES string of the molecule is CC(C)[C@H](N)C(=O)N[C@@H](CCCNC(N)=O)C(=O)Nc1ccc(COC(=O)NCC(=O)Nc2ccc3c(c2)[C@@]2(C)CCC[C@]4(C(=O)N4C(=O)[C@@]4(C)CCC[C@]5(C)c6cc(O)ccc6CC[C@@H]45)C2CC3)cc1. The number of anilines is 2. The first-order valence-corrected chi connectivity index (χ1v) is 25.3. The van der Waals surface area contributed by atoms with Gasteiger partial charge in [-0.25, -0.2) is 9.59 Å². The number of ether oxygens (including phenoxy) is 1. The van der Waals surface area contributed by atoms with Gasteiger partial charge < -0.3 is 47.9 Å². The van der Waals surface area contributed by atoms with Crippen LogP contribution in [0.15, 0.2) is 60.7 Å². The van der Waals surface area contributed by atoms with Gasteiger partial charge in [-0.05, 0) is 158 Å². The fourth-order valence-corrected chi connectivity index (χ4v) is 13.0. The van der Waals surface area contributed by atoms with E-state index in [0.717, 1.165) is 74.5 Å². The Morgan fingerprint density at radius 2 is 1.42 bits per heavy atom. The molecule has 3 aromatic carbocycles. The number of nitrogens with zero attached hydrogens (tertiary/aromatic N) is 1. The molecule has 1 saturated heterocycles. The van der Waals surface area contributed by atoms with Gasteiger partial charge in [0.05, 0.1) is 11.5 Å². The van der Waals surface area contributed by atoms with Crippen molar-refractivity contribution < 1.29 is 43.4 Å².